The SMILES string of the molecule is CC(C)CNC(=O)CCC1CCCCC1.COc1ccc(CC(=O)N=C(N)N)c(OC)c1OC. The Hall–Kier alpha value is -2.97. The molecule has 0 radical (unpaired) electrons. The molecule has 1 aromatic carbocycles. The molecule has 1 aromatic rings. The third-order valence-electron chi connectivity index (χ3n) is 5.59. The van der Waals surface area contributed by atoms with E-state index in [4.69, 9.17) is 25.7 Å². The summed E-state index contributed by atoms with van der Waals surface area (Å²) in [5.74, 6) is 2.23. The Labute approximate surface area is 203 Å². The fourth-order valence-electron chi connectivity index (χ4n) is 3.87. The standard InChI is InChI=1S/C13H25NO.C12H17N3O4/c1-11(2)10-14-13(15)9-8-12-6-4-3-5-7-12;1-17-8-5-4-7(6-9(16)15-12(13)14)10(18-2)11(8)19-3/h11-12H,3-10H2,1-2H3,(H,14,15);4-5H,6H2,1-3H3,(H4,13,14,15,16). The molecule has 0 saturated heterocycles. The highest BCUT2D eigenvalue weighted by molar-refractivity contribution is 5.92. The van der Waals surface area contributed by atoms with Crippen LogP contribution in [0.25, 0.3) is 0 Å². The first kappa shape index (κ1) is 29.1. The lowest BCUT2D eigenvalue weighted by Crippen LogP contribution is -2.27. The molecule has 9 nitrogen and oxygen atoms in total. The van der Waals surface area contributed by atoms with E-state index in [0.29, 0.717) is 28.7 Å². The molecule has 0 aliphatic heterocycles. The average molecular weight is 479 g/mol. The van der Waals surface area contributed by atoms with E-state index < -0.39 is 5.91 Å². The molecule has 0 heterocycles. The maximum absolute atomic E-state index is 11.6. The van der Waals surface area contributed by atoms with Crippen molar-refractivity contribution in [3.8, 4) is 17.2 Å². The van der Waals surface area contributed by atoms with Crippen LogP contribution in [0.4, 0.5) is 0 Å². The number of ether oxygens (including phenoxy) is 3. The number of hydrogen-bond acceptors (Lipinski definition) is 5. The predicted molar refractivity (Wildman–Crippen MR) is 134 cm³/mol. The summed E-state index contributed by atoms with van der Waals surface area (Å²) in [5.41, 5.74) is 10.9. The molecule has 1 aliphatic rings. The zero-order chi connectivity index (χ0) is 25.5. The summed E-state index contributed by atoms with van der Waals surface area (Å²) in [4.78, 5) is 26.5. The van der Waals surface area contributed by atoms with Gasteiger partial charge in [0.05, 0.1) is 27.8 Å². The van der Waals surface area contributed by atoms with Gasteiger partial charge in [0.15, 0.2) is 17.5 Å². The largest absolute Gasteiger partial charge is 0.493 e. The number of guanidine groups is 1. The van der Waals surface area contributed by atoms with Gasteiger partial charge >= 0.3 is 0 Å². The molecule has 2 rings (SSSR count). The molecule has 0 unspecified atom stereocenters. The van der Waals surface area contributed by atoms with Gasteiger partial charge in [-0.1, -0.05) is 52.0 Å². The summed E-state index contributed by atoms with van der Waals surface area (Å²) in [6.07, 6.45) is 8.67. The molecule has 192 valence electrons. The van der Waals surface area contributed by atoms with Gasteiger partial charge in [-0.2, -0.15) is 4.99 Å². The number of aliphatic imine (C=N–C) groups is 1. The zero-order valence-corrected chi connectivity index (χ0v) is 21.3. The normalized spacial score (nSPS) is 13.4. The van der Waals surface area contributed by atoms with Gasteiger partial charge in [-0.25, -0.2) is 0 Å². The number of amides is 2. The van der Waals surface area contributed by atoms with E-state index in [-0.39, 0.29) is 18.3 Å². The summed E-state index contributed by atoms with van der Waals surface area (Å²) < 4.78 is 15.6. The smallest absolute Gasteiger partial charge is 0.253 e. The van der Waals surface area contributed by atoms with Crippen LogP contribution in [0.5, 0.6) is 17.2 Å². The maximum Gasteiger partial charge on any atom is 0.253 e. The van der Waals surface area contributed by atoms with Crippen molar-refractivity contribution in [3.63, 3.8) is 0 Å². The average Bonchev–Trinajstić information content (AvgIpc) is 2.81. The van der Waals surface area contributed by atoms with Gasteiger partial charge in [-0.15, -0.1) is 0 Å². The monoisotopic (exact) mass is 478 g/mol. The Morgan fingerprint density at radius 3 is 2.21 bits per heavy atom. The van der Waals surface area contributed by atoms with Crippen LogP contribution >= 0.6 is 0 Å². The minimum absolute atomic E-state index is 0.00142. The minimum Gasteiger partial charge on any atom is -0.493 e. The second kappa shape index (κ2) is 15.8. The highest BCUT2D eigenvalue weighted by atomic mass is 16.5. The van der Waals surface area contributed by atoms with E-state index in [1.54, 1.807) is 12.1 Å². The molecule has 9 heteroatoms. The molecular weight excluding hydrogens is 436 g/mol. The lowest BCUT2D eigenvalue weighted by molar-refractivity contribution is -0.121. The van der Waals surface area contributed by atoms with Gasteiger partial charge in [-0.05, 0) is 24.3 Å². The summed E-state index contributed by atoms with van der Waals surface area (Å²) in [7, 11) is 4.48. The first-order chi connectivity index (χ1) is 16.2. The number of nitrogens with one attached hydrogen (secondary N) is 1. The van der Waals surface area contributed by atoms with Crippen LogP contribution in [0.2, 0.25) is 0 Å². The molecule has 5 N–H and O–H groups in total. The van der Waals surface area contributed by atoms with E-state index in [1.807, 2.05) is 0 Å². The molecule has 34 heavy (non-hydrogen) atoms. The van der Waals surface area contributed by atoms with Gasteiger partial charge in [0.25, 0.3) is 5.91 Å². The molecular formula is C25H42N4O5. The summed E-state index contributed by atoms with van der Waals surface area (Å²) in [6, 6.07) is 3.37. The van der Waals surface area contributed by atoms with Crippen molar-refractivity contribution in [2.75, 3.05) is 27.9 Å². The van der Waals surface area contributed by atoms with Gasteiger partial charge < -0.3 is 31.0 Å². The van der Waals surface area contributed by atoms with E-state index in [2.05, 4.69) is 24.2 Å². The summed E-state index contributed by atoms with van der Waals surface area (Å²) in [6.45, 7) is 5.08. The third kappa shape index (κ3) is 10.8. The number of methoxy groups -OCH3 is 3. The second-order valence-electron chi connectivity index (χ2n) is 8.84. The Morgan fingerprint density at radius 2 is 1.68 bits per heavy atom. The molecule has 1 aliphatic carbocycles. The van der Waals surface area contributed by atoms with Crippen molar-refractivity contribution < 1.29 is 23.8 Å². The third-order valence-corrected chi connectivity index (χ3v) is 5.59. The minimum atomic E-state index is -0.467. The second-order valence-corrected chi connectivity index (χ2v) is 8.84. The van der Waals surface area contributed by atoms with Crippen molar-refractivity contribution in [1.29, 1.82) is 0 Å². The number of benzene rings is 1. The number of nitrogens with two attached hydrogens (primary N) is 2. The topological polar surface area (TPSA) is 138 Å². The number of carbonyl (C=O) groups is 2. The molecule has 0 atom stereocenters. The fourth-order valence-corrected chi connectivity index (χ4v) is 3.87. The maximum atomic E-state index is 11.6. The van der Waals surface area contributed by atoms with Crippen LogP contribution in [0.3, 0.4) is 0 Å². The van der Waals surface area contributed by atoms with Gasteiger partial charge in [0, 0.05) is 18.5 Å². The predicted octanol–water partition coefficient (Wildman–Crippen LogP) is 3.17. The highest BCUT2D eigenvalue weighted by Crippen LogP contribution is 2.39. The summed E-state index contributed by atoms with van der Waals surface area (Å²) >= 11 is 0. The van der Waals surface area contributed by atoms with Crippen LogP contribution in [0, 0.1) is 11.8 Å². The number of nitrogens with zero attached hydrogens (tertiary/aromatic N) is 1. The number of rotatable bonds is 10. The fraction of sp³-hybridized carbons (Fsp3) is 0.640. The zero-order valence-electron chi connectivity index (χ0n) is 21.3. The van der Waals surface area contributed by atoms with Crippen molar-refractivity contribution in [1.82, 2.24) is 5.32 Å². The van der Waals surface area contributed by atoms with Crippen LogP contribution in [0.15, 0.2) is 17.1 Å². The van der Waals surface area contributed by atoms with E-state index in [1.165, 1.54) is 53.4 Å². The van der Waals surface area contributed by atoms with Gasteiger partial charge in [0.2, 0.25) is 11.7 Å². The molecule has 0 bridgehead atoms. The van der Waals surface area contributed by atoms with Crippen LogP contribution in [0.1, 0.15) is 64.4 Å². The van der Waals surface area contributed by atoms with Crippen molar-refractivity contribution in [3.05, 3.63) is 17.7 Å². The Balaban J connectivity index is 0.000000350. The lowest BCUT2D eigenvalue weighted by Gasteiger charge is -2.21. The van der Waals surface area contributed by atoms with Crippen LogP contribution in [-0.4, -0.2) is 45.6 Å². The first-order valence-corrected chi connectivity index (χ1v) is 11.9. The number of carbonyl (C=O) groups excluding carboxylic acids is 2. The van der Waals surface area contributed by atoms with E-state index in [0.717, 1.165) is 25.3 Å². The molecule has 2 amide bonds. The van der Waals surface area contributed by atoms with Gasteiger partial charge in [0.1, 0.15) is 0 Å². The molecule has 1 fully saturated rings. The van der Waals surface area contributed by atoms with Crippen LogP contribution < -0.4 is 31.0 Å². The quantitative estimate of drug-likeness (QED) is 0.347. The Kier molecular flexibility index (Phi) is 13.5. The van der Waals surface area contributed by atoms with E-state index in [9.17, 15) is 9.59 Å². The van der Waals surface area contributed by atoms with Crippen molar-refractivity contribution in [2.24, 2.45) is 28.3 Å². The first-order valence-electron chi connectivity index (χ1n) is 11.9. The highest BCUT2D eigenvalue weighted by Gasteiger charge is 2.18. The van der Waals surface area contributed by atoms with E-state index >= 15 is 0 Å². The lowest BCUT2D eigenvalue weighted by atomic mass is 9.86. The Bertz CT molecular complexity index is 801. The van der Waals surface area contributed by atoms with Crippen LogP contribution in [-0.2, 0) is 16.0 Å². The summed E-state index contributed by atoms with van der Waals surface area (Å²) in [5, 5.41) is 2.98. The van der Waals surface area contributed by atoms with Crippen molar-refractivity contribution >= 4 is 17.8 Å². The Morgan fingerprint density at radius 1 is 1.03 bits per heavy atom. The van der Waals surface area contributed by atoms with Gasteiger partial charge in [-0.3, -0.25) is 9.59 Å². The molecule has 0 aromatic heterocycles. The molecule has 1 saturated carbocycles. The molecule has 0 spiro atoms. The van der Waals surface area contributed by atoms with Crippen molar-refractivity contribution in [2.45, 2.75) is 65.2 Å². The number of hydrogen-bond donors (Lipinski definition) is 3.